The molecule has 120 valence electrons. The normalized spacial score (nSPS) is 14.1. The van der Waals surface area contributed by atoms with Crippen molar-refractivity contribution in [2.75, 3.05) is 0 Å². The molecule has 0 aliphatic heterocycles. The summed E-state index contributed by atoms with van der Waals surface area (Å²) in [5, 5.41) is 0. The van der Waals surface area contributed by atoms with Crippen LogP contribution in [0, 0.1) is 5.41 Å². The highest BCUT2D eigenvalue weighted by Gasteiger charge is 2.34. The first-order chi connectivity index (χ1) is 10.2. The topological polar surface area (TPSA) is 38.4 Å². The van der Waals surface area contributed by atoms with Crippen LogP contribution in [-0.4, -0.2) is 5.71 Å². The van der Waals surface area contributed by atoms with Crippen LogP contribution in [-0.2, 0) is 5.41 Å². The van der Waals surface area contributed by atoms with Crippen LogP contribution in [0.4, 0.5) is 5.69 Å². The van der Waals surface area contributed by atoms with Crippen molar-refractivity contribution in [3.05, 3.63) is 54.3 Å². The molecule has 0 aliphatic rings. The Morgan fingerprint density at radius 1 is 1.23 bits per heavy atom. The van der Waals surface area contributed by atoms with E-state index in [0.29, 0.717) is 0 Å². The summed E-state index contributed by atoms with van der Waals surface area (Å²) in [6.07, 6.45) is 4.14. The van der Waals surface area contributed by atoms with Gasteiger partial charge in [-0.1, -0.05) is 66.3 Å². The van der Waals surface area contributed by atoms with E-state index in [0.717, 1.165) is 23.4 Å². The molecule has 0 unspecified atom stereocenters. The minimum atomic E-state index is 0.0654. The summed E-state index contributed by atoms with van der Waals surface area (Å²) in [7, 11) is 0. The quantitative estimate of drug-likeness (QED) is 0.564. The van der Waals surface area contributed by atoms with Crippen LogP contribution in [0.5, 0.6) is 0 Å². The van der Waals surface area contributed by atoms with Crippen molar-refractivity contribution in [3.8, 4) is 0 Å². The second kappa shape index (κ2) is 6.95. The number of nitrogens with two attached hydrogens (primary N) is 1. The first kappa shape index (κ1) is 18.2. The molecule has 0 radical (unpaired) electrons. The molecule has 1 aromatic rings. The van der Waals surface area contributed by atoms with Gasteiger partial charge in [0.05, 0.1) is 5.69 Å². The molecule has 0 bridgehead atoms. The molecule has 1 aromatic carbocycles. The lowest BCUT2D eigenvalue weighted by Crippen LogP contribution is -2.33. The molecule has 0 saturated heterocycles. The van der Waals surface area contributed by atoms with Crippen molar-refractivity contribution in [3.63, 3.8) is 0 Å². The van der Waals surface area contributed by atoms with Crippen molar-refractivity contribution in [1.29, 1.82) is 0 Å². The molecule has 0 amide bonds. The average molecular weight is 298 g/mol. The third-order valence-electron chi connectivity index (χ3n) is 4.77. The lowest BCUT2D eigenvalue weighted by molar-refractivity contribution is 0.225. The van der Waals surface area contributed by atoms with Gasteiger partial charge in [-0.3, -0.25) is 4.99 Å². The Morgan fingerprint density at radius 2 is 1.86 bits per heavy atom. The predicted octanol–water partition coefficient (Wildman–Crippen LogP) is 5.52. The number of hydrogen-bond acceptors (Lipinski definition) is 2. The molecule has 0 aliphatic carbocycles. The number of allylic oxidation sites excluding steroid dienone is 2. The van der Waals surface area contributed by atoms with Gasteiger partial charge < -0.3 is 5.73 Å². The third-order valence-corrected chi connectivity index (χ3v) is 4.77. The SMILES string of the molecule is C=CC(=CN)C(CC)=Nc1cccc(C(C)(C)C(C)(C)C)c1. The first-order valence-electron chi connectivity index (χ1n) is 7.90. The van der Waals surface area contributed by atoms with Crippen LogP contribution in [0.2, 0.25) is 0 Å². The number of hydrogen-bond donors (Lipinski definition) is 1. The van der Waals surface area contributed by atoms with E-state index in [4.69, 9.17) is 10.7 Å². The highest BCUT2D eigenvalue weighted by Crippen LogP contribution is 2.41. The largest absolute Gasteiger partial charge is 0.404 e. The zero-order valence-electron chi connectivity index (χ0n) is 14.9. The molecule has 0 saturated carbocycles. The molecule has 0 aromatic heterocycles. The minimum Gasteiger partial charge on any atom is -0.404 e. The second-order valence-corrected chi connectivity index (χ2v) is 7.16. The fourth-order valence-electron chi connectivity index (χ4n) is 2.18. The molecule has 2 nitrogen and oxygen atoms in total. The highest BCUT2D eigenvalue weighted by molar-refractivity contribution is 6.03. The Morgan fingerprint density at radius 3 is 2.32 bits per heavy atom. The summed E-state index contributed by atoms with van der Waals surface area (Å²) in [5.41, 5.74) is 10.0. The smallest absolute Gasteiger partial charge is 0.0636 e. The van der Waals surface area contributed by atoms with Gasteiger partial charge in [-0.2, -0.15) is 0 Å². The van der Waals surface area contributed by atoms with E-state index >= 15 is 0 Å². The van der Waals surface area contributed by atoms with E-state index in [1.54, 1.807) is 12.3 Å². The van der Waals surface area contributed by atoms with Crippen molar-refractivity contribution in [2.45, 2.75) is 53.4 Å². The van der Waals surface area contributed by atoms with Crippen LogP contribution < -0.4 is 5.73 Å². The molecular formula is C20H30N2. The monoisotopic (exact) mass is 298 g/mol. The van der Waals surface area contributed by atoms with E-state index < -0.39 is 0 Å². The van der Waals surface area contributed by atoms with E-state index in [1.165, 1.54) is 5.56 Å². The highest BCUT2D eigenvalue weighted by atomic mass is 14.7. The fraction of sp³-hybridized carbons (Fsp3) is 0.450. The van der Waals surface area contributed by atoms with Gasteiger partial charge in [0.15, 0.2) is 0 Å². The van der Waals surface area contributed by atoms with Gasteiger partial charge in [0, 0.05) is 17.5 Å². The van der Waals surface area contributed by atoms with Crippen molar-refractivity contribution < 1.29 is 0 Å². The van der Waals surface area contributed by atoms with Crippen LogP contribution in [0.3, 0.4) is 0 Å². The fourth-order valence-corrected chi connectivity index (χ4v) is 2.18. The maximum atomic E-state index is 5.66. The molecule has 0 spiro atoms. The van der Waals surface area contributed by atoms with E-state index in [1.807, 2.05) is 6.07 Å². The minimum absolute atomic E-state index is 0.0654. The maximum Gasteiger partial charge on any atom is 0.0636 e. The third kappa shape index (κ3) is 3.88. The van der Waals surface area contributed by atoms with Crippen molar-refractivity contribution in [2.24, 2.45) is 16.1 Å². The lowest BCUT2D eigenvalue weighted by Gasteiger charge is -2.39. The predicted molar refractivity (Wildman–Crippen MR) is 98.8 cm³/mol. The van der Waals surface area contributed by atoms with Crippen LogP contribution in [0.25, 0.3) is 0 Å². The number of nitrogens with zero attached hydrogens (tertiary/aromatic N) is 1. The molecule has 22 heavy (non-hydrogen) atoms. The standard InChI is InChI=1S/C20H30N2/c1-8-15(14-21)18(9-2)22-17-12-10-11-16(13-17)20(6,7)19(3,4)5/h8,10-14H,1,9,21H2,2-7H3. The van der Waals surface area contributed by atoms with E-state index in [9.17, 15) is 0 Å². The molecule has 0 atom stereocenters. The van der Waals surface area contributed by atoms with Gasteiger partial charge in [0.2, 0.25) is 0 Å². The molecular weight excluding hydrogens is 268 g/mol. The molecule has 2 N–H and O–H groups in total. The zero-order chi connectivity index (χ0) is 17.0. The van der Waals surface area contributed by atoms with Gasteiger partial charge in [0.25, 0.3) is 0 Å². The van der Waals surface area contributed by atoms with Crippen molar-refractivity contribution >= 4 is 11.4 Å². The molecule has 0 heterocycles. The van der Waals surface area contributed by atoms with Gasteiger partial charge >= 0.3 is 0 Å². The molecule has 0 fully saturated rings. The number of rotatable bonds is 5. The molecule has 1 rings (SSSR count). The van der Waals surface area contributed by atoms with E-state index in [-0.39, 0.29) is 10.8 Å². The Kier molecular flexibility index (Phi) is 5.76. The Hall–Kier alpha value is -1.83. The van der Waals surface area contributed by atoms with Crippen LogP contribution in [0.1, 0.15) is 53.5 Å². The summed E-state index contributed by atoms with van der Waals surface area (Å²) >= 11 is 0. The number of benzene rings is 1. The summed E-state index contributed by atoms with van der Waals surface area (Å²) < 4.78 is 0. The van der Waals surface area contributed by atoms with Gasteiger partial charge in [0.1, 0.15) is 0 Å². The van der Waals surface area contributed by atoms with Gasteiger partial charge in [-0.05, 0) is 34.9 Å². The first-order valence-corrected chi connectivity index (χ1v) is 7.90. The summed E-state index contributed by atoms with van der Waals surface area (Å²) in [4.78, 5) is 4.77. The lowest BCUT2D eigenvalue weighted by atomic mass is 9.65. The summed E-state index contributed by atoms with van der Waals surface area (Å²) in [5.74, 6) is 0. The maximum absolute atomic E-state index is 5.66. The molecule has 2 heteroatoms. The van der Waals surface area contributed by atoms with Crippen molar-refractivity contribution in [1.82, 2.24) is 0 Å². The Balaban J connectivity index is 3.31. The average Bonchev–Trinajstić information content (AvgIpc) is 2.46. The van der Waals surface area contributed by atoms with Crippen LogP contribution in [0.15, 0.2) is 53.7 Å². The van der Waals surface area contributed by atoms with Gasteiger partial charge in [-0.15, -0.1) is 0 Å². The Labute approximate surface area is 135 Å². The van der Waals surface area contributed by atoms with Crippen LogP contribution >= 0.6 is 0 Å². The number of aliphatic imine (C=N–C) groups is 1. The zero-order valence-corrected chi connectivity index (χ0v) is 14.9. The van der Waals surface area contributed by atoms with Gasteiger partial charge in [-0.25, -0.2) is 0 Å². The summed E-state index contributed by atoms with van der Waals surface area (Å²) in [6, 6.07) is 8.48. The Bertz CT molecular complexity index is 584. The van der Waals surface area contributed by atoms with E-state index in [2.05, 4.69) is 66.3 Å². The second-order valence-electron chi connectivity index (χ2n) is 7.16. The summed E-state index contributed by atoms with van der Waals surface area (Å²) in [6.45, 7) is 17.3.